The molecule has 0 heterocycles. The number of sulfone groups is 2. The van der Waals surface area contributed by atoms with Gasteiger partial charge in [0.1, 0.15) is 11.8 Å². The third-order valence-electron chi connectivity index (χ3n) is 2.68. The number of benzene rings is 1. The molecule has 0 radical (unpaired) electrons. The normalized spacial score (nSPS) is 13.3. The molecule has 23 heavy (non-hydrogen) atoms. The lowest BCUT2D eigenvalue weighted by atomic mass is 10.2. The Kier molecular flexibility index (Phi) is 6.28. The van der Waals surface area contributed by atoms with E-state index in [2.05, 4.69) is 0 Å². The molecule has 0 spiro atoms. The van der Waals surface area contributed by atoms with Crippen LogP contribution >= 0.6 is 0 Å². The van der Waals surface area contributed by atoms with Gasteiger partial charge in [-0.2, -0.15) is 0 Å². The van der Waals surface area contributed by atoms with Gasteiger partial charge >= 0.3 is 5.97 Å². The number of carboxylic acids is 1. The van der Waals surface area contributed by atoms with Gasteiger partial charge in [-0.1, -0.05) is 30.3 Å². The minimum absolute atomic E-state index is 0.375. The Bertz CT molecular complexity index is 770. The van der Waals surface area contributed by atoms with E-state index in [1.165, 1.54) is 0 Å². The van der Waals surface area contributed by atoms with E-state index in [0.29, 0.717) is 5.56 Å². The summed E-state index contributed by atoms with van der Waals surface area (Å²) in [5, 5.41) is 10.9. The minimum atomic E-state index is -3.81. The smallest absolute Gasteiger partial charge is 0.327 e. The molecule has 2 N–H and O–H groups in total. The lowest BCUT2D eigenvalue weighted by Crippen LogP contribution is -2.47. The van der Waals surface area contributed by atoms with Crippen LogP contribution < -0.4 is 5.32 Å². The Labute approximate surface area is 134 Å². The predicted octanol–water partition coefficient (Wildman–Crippen LogP) is -0.785. The fraction of sp³-hybridized carbons (Fsp3) is 0.385. The second-order valence-corrected chi connectivity index (χ2v) is 9.32. The third kappa shape index (κ3) is 7.75. The van der Waals surface area contributed by atoms with Crippen molar-refractivity contribution in [3.63, 3.8) is 0 Å². The van der Waals surface area contributed by atoms with Crippen molar-refractivity contribution in [2.24, 2.45) is 0 Å². The molecule has 1 aromatic rings. The Morgan fingerprint density at radius 1 is 1.13 bits per heavy atom. The van der Waals surface area contributed by atoms with Gasteiger partial charge in [0.05, 0.1) is 11.5 Å². The molecule has 0 aliphatic carbocycles. The summed E-state index contributed by atoms with van der Waals surface area (Å²) in [6.45, 7) is 0. The van der Waals surface area contributed by atoms with E-state index in [1.807, 2.05) is 5.32 Å². The van der Waals surface area contributed by atoms with Crippen LogP contribution in [0.4, 0.5) is 0 Å². The third-order valence-corrected chi connectivity index (χ3v) is 5.08. The Hall–Kier alpha value is -1.94. The number of nitrogens with one attached hydrogen (secondary N) is 1. The molecule has 0 aromatic heterocycles. The number of aliphatic carboxylic acids is 1. The zero-order valence-electron chi connectivity index (χ0n) is 12.3. The van der Waals surface area contributed by atoms with E-state index < -0.39 is 49.1 Å². The van der Waals surface area contributed by atoms with Crippen molar-refractivity contribution in [1.82, 2.24) is 5.32 Å². The van der Waals surface area contributed by atoms with E-state index in [0.717, 1.165) is 6.26 Å². The van der Waals surface area contributed by atoms with Gasteiger partial charge in [-0.25, -0.2) is 21.6 Å². The van der Waals surface area contributed by atoms with Crippen molar-refractivity contribution in [3.05, 3.63) is 35.9 Å². The first kappa shape index (κ1) is 19.1. The predicted molar refractivity (Wildman–Crippen MR) is 83.2 cm³/mol. The van der Waals surface area contributed by atoms with Crippen molar-refractivity contribution in [1.29, 1.82) is 0 Å². The van der Waals surface area contributed by atoms with E-state index in [4.69, 9.17) is 5.11 Å². The quantitative estimate of drug-likeness (QED) is 0.618. The van der Waals surface area contributed by atoms with Gasteiger partial charge in [-0.15, -0.1) is 0 Å². The van der Waals surface area contributed by atoms with Crippen LogP contribution in [0.3, 0.4) is 0 Å². The maximum Gasteiger partial charge on any atom is 0.327 e. The standard InChI is InChI=1S/C13H17NO7S2/c1-22(18,19)9-12(15)14-11(13(16)17)8-23(20,21)7-10-5-3-2-4-6-10/h2-6,11H,7-9H2,1H3,(H,14,15)(H,16,17)/t11-/m0/s1. The summed E-state index contributed by atoms with van der Waals surface area (Å²) in [5.74, 6) is -4.72. The summed E-state index contributed by atoms with van der Waals surface area (Å²) in [6, 6.07) is 6.45. The van der Waals surface area contributed by atoms with E-state index >= 15 is 0 Å². The highest BCUT2D eigenvalue weighted by atomic mass is 32.2. The van der Waals surface area contributed by atoms with Crippen molar-refractivity contribution in [3.8, 4) is 0 Å². The Morgan fingerprint density at radius 2 is 1.70 bits per heavy atom. The minimum Gasteiger partial charge on any atom is -0.480 e. The summed E-state index contributed by atoms with van der Waals surface area (Å²) >= 11 is 0. The zero-order valence-corrected chi connectivity index (χ0v) is 13.9. The van der Waals surface area contributed by atoms with Crippen LogP contribution in [-0.4, -0.2) is 57.6 Å². The van der Waals surface area contributed by atoms with Crippen LogP contribution in [0.2, 0.25) is 0 Å². The fourth-order valence-electron chi connectivity index (χ4n) is 1.79. The molecule has 0 aliphatic heterocycles. The highest BCUT2D eigenvalue weighted by Crippen LogP contribution is 2.07. The molecule has 1 aromatic carbocycles. The fourth-order valence-corrected chi connectivity index (χ4v) is 3.90. The monoisotopic (exact) mass is 363 g/mol. The molecular weight excluding hydrogens is 346 g/mol. The molecule has 1 amide bonds. The second kappa shape index (κ2) is 7.55. The summed E-state index contributed by atoms with van der Waals surface area (Å²) in [4.78, 5) is 22.6. The first-order valence-electron chi connectivity index (χ1n) is 6.43. The van der Waals surface area contributed by atoms with E-state index in [1.54, 1.807) is 30.3 Å². The van der Waals surface area contributed by atoms with Crippen molar-refractivity contribution < 1.29 is 31.5 Å². The van der Waals surface area contributed by atoms with Crippen molar-refractivity contribution in [2.45, 2.75) is 11.8 Å². The topological polar surface area (TPSA) is 135 Å². The molecule has 0 unspecified atom stereocenters. The van der Waals surface area contributed by atoms with Crippen molar-refractivity contribution in [2.75, 3.05) is 17.8 Å². The maximum absolute atomic E-state index is 12.0. The molecule has 8 nitrogen and oxygen atoms in total. The molecule has 0 bridgehead atoms. The van der Waals surface area contributed by atoms with Crippen LogP contribution in [0.1, 0.15) is 5.56 Å². The van der Waals surface area contributed by atoms with Gasteiger partial charge in [0, 0.05) is 6.26 Å². The zero-order chi connectivity index (χ0) is 17.7. The van der Waals surface area contributed by atoms with Gasteiger partial charge in [-0.05, 0) is 5.56 Å². The van der Waals surface area contributed by atoms with Gasteiger partial charge in [0.15, 0.2) is 19.7 Å². The largest absolute Gasteiger partial charge is 0.480 e. The highest BCUT2D eigenvalue weighted by molar-refractivity contribution is 7.91. The number of amides is 1. The number of hydrogen-bond donors (Lipinski definition) is 2. The lowest BCUT2D eigenvalue weighted by molar-refractivity contribution is -0.140. The van der Waals surface area contributed by atoms with Gasteiger partial charge < -0.3 is 10.4 Å². The van der Waals surface area contributed by atoms with E-state index in [-0.39, 0.29) is 5.75 Å². The molecule has 0 saturated heterocycles. The molecule has 0 saturated carbocycles. The van der Waals surface area contributed by atoms with Crippen LogP contribution in [0, 0.1) is 0 Å². The molecular formula is C13H17NO7S2. The molecule has 0 fully saturated rings. The van der Waals surface area contributed by atoms with Crippen LogP contribution in [0.25, 0.3) is 0 Å². The molecule has 1 atom stereocenters. The SMILES string of the molecule is CS(=O)(=O)CC(=O)N[C@@H](CS(=O)(=O)Cc1ccccc1)C(=O)O. The Balaban J connectivity index is 2.79. The number of carboxylic acid groups (broad SMARTS) is 1. The summed E-state index contributed by atoms with van der Waals surface area (Å²) in [7, 11) is -7.45. The maximum atomic E-state index is 12.0. The van der Waals surface area contributed by atoms with Gasteiger partial charge in [-0.3, -0.25) is 4.79 Å². The first-order chi connectivity index (χ1) is 10.5. The number of hydrogen-bond acceptors (Lipinski definition) is 6. The van der Waals surface area contributed by atoms with Crippen LogP contribution in [0.5, 0.6) is 0 Å². The average molecular weight is 363 g/mol. The Morgan fingerprint density at radius 3 is 2.17 bits per heavy atom. The molecule has 128 valence electrons. The molecule has 0 aliphatic rings. The van der Waals surface area contributed by atoms with Crippen LogP contribution in [0.15, 0.2) is 30.3 Å². The van der Waals surface area contributed by atoms with Crippen LogP contribution in [-0.2, 0) is 35.0 Å². The number of carbonyl (C=O) groups excluding carboxylic acids is 1. The summed E-state index contributed by atoms with van der Waals surface area (Å²) in [5.41, 5.74) is 0.485. The summed E-state index contributed by atoms with van der Waals surface area (Å²) in [6.07, 6.45) is 0.814. The van der Waals surface area contributed by atoms with Gasteiger partial charge in [0.2, 0.25) is 5.91 Å². The lowest BCUT2D eigenvalue weighted by Gasteiger charge is -2.14. The average Bonchev–Trinajstić information content (AvgIpc) is 2.35. The second-order valence-electron chi connectivity index (χ2n) is 5.07. The number of rotatable bonds is 8. The number of carbonyl (C=O) groups is 2. The first-order valence-corrected chi connectivity index (χ1v) is 10.3. The molecule has 10 heteroatoms. The molecule has 1 rings (SSSR count). The van der Waals surface area contributed by atoms with E-state index in [9.17, 15) is 26.4 Å². The van der Waals surface area contributed by atoms with Crippen molar-refractivity contribution >= 4 is 31.6 Å². The van der Waals surface area contributed by atoms with Gasteiger partial charge in [0.25, 0.3) is 0 Å². The highest BCUT2D eigenvalue weighted by Gasteiger charge is 2.27. The summed E-state index contributed by atoms with van der Waals surface area (Å²) < 4.78 is 46.1.